The highest BCUT2D eigenvalue weighted by Gasteiger charge is 2.59. The lowest BCUT2D eigenvalue weighted by Crippen LogP contribution is -2.70. The molecular weight excluding hydrogens is 298 g/mol. The van der Waals surface area contributed by atoms with Crippen molar-refractivity contribution in [1.29, 1.82) is 0 Å². The number of sulfone groups is 1. The zero-order chi connectivity index (χ0) is 15.7. The predicted octanol–water partition coefficient (Wildman–Crippen LogP) is 0.507. The zero-order valence-electron chi connectivity index (χ0n) is 11.4. The normalized spacial score (nSPS) is 18.3. The number of benzene rings is 1. The Balaban J connectivity index is 2.03. The summed E-state index contributed by atoms with van der Waals surface area (Å²) in [4.78, 5) is 24.1. The Kier molecular flexibility index (Phi) is 3.91. The van der Waals surface area contributed by atoms with E-state index in [4.69, 9.17) is 4.74 Å². The summed E-state index contributed by atoms with van der Waals surface area (Å²) in [6.45, 7) is -0.00748. The molecule has 1 aliphatic rings. The van der Waals surface area contributed by atoms with Crippen LogP contribution in [0.1, 0.15) is 5.56 Å². The van der Waals surface area contributed by atoms with Crippen molar-refractivity contribution in [2.24, 2.45) is 0 Å². The first kappa shape index (κ1) is 15.3. The van der Waals surface area contributed by atoms with Gasteiger partial charge in [-0.25, -0.2) is 18.0 Å². The fourth-order valence-corrected chi connectivity index (χ4v) is 4.14. The third-order valence-electron chi connectivity index (χ3n) is 3.44. The lowest BCUT2D eigenvalue weighted by Gasteiger charge is -2.43. The molecule has 1 aliphatic heterocycles. The van der Waals surface area contributed by atoms with E-state index < -0.39 is 38.9 Å². The highest BCUT2D eigenvalue weighted by molar-refractivity contribution is 7.93. The van der Waals surface area contributed by atoms with Gasteiger partial charge in [-0.1, -0.05) is 30.3 Å². The Hall–Kier alpha value is -2.09. The number of likely N-dealkylation sites (N-methyl/N-ethyl adjacent to an activating group) is 1. The molecule has 0 aliphatic carbocycles. The summed E-state index contributed by atoms with van der Waals surface area (Å²) in [5, 5.41) is 9.21. The number of hydrogen-bond acceptors (Lipinski definition) is 5. The fraction of sp³-hybridized carbons (Fsp3) is 0.385. The molecule has 1 saturated heterocycles. The molecule has 2 rings (SSSR count). The van der Waals surface area contributed by atoms with Gasteiger partial charge in [0.15, 0.2) is 15.4 Å². The van der Waals surface area contributed by atoms with Crippen LogP contribution in [0.5, 0.6) is 0 Å². The van der Waals surface area contributed by atoms with Crippen LogP contribution in [0.3, 0.4) is 0 Å². The maximum Gasteiger partial charge on any atom is 0.410 e. The average Bonchev–Trinajstić information content (AvgIpc) is 2.41. The van der Waals surface area contributed by atoms with Gasteiger partial charge in [-0.05, 0) is 5.56 Å². The van der Waals surface area contributed by atoms with E-state index in [1.807, 2.05) is 6.07 Å². The SMILES string of the molecule is CN(C(=O)OCc1ccccc1)C1(C(=O)O)CS(=O)(=O)C1. The topological polar surface area (TPSA) is 101 Å². The highest BCUT2D eigenvalue weighted by Crippen LogP contribution is 2.30. The van der Waals surface area contributed by atoms with Crippen molar-refractivity contribution in [2.75, 3.05) is 18.6 Å². The second kappa shape index (κ2) is 5.36. The van der Waals surface area contributed by atoms with Crippen molar-refractivity contribution in [3.05, 3.63) is 35.9 Å². The van der Waals surface area contributed by atoms with Crippen LogP contribution in [0.2, 0.25) is 0 Å². The molecule has 0 saturated carbocycles. The quantitative estimate of drug-likeness (QED) is 0.869. The van der Waals surface area contributed by atoms with Gasteiger partial charge >= 0.3 is 12.1 Å². The number of carboxylic acids is 1. The van der Waals surface area contributed by atoms with Crippen LogP contribution in [0.4, 0.5) is 4.79 Å². The minimum absolute atomic E-state index is 0.00748. The molecule has 0 atom stereocenters. The number of amides is 1. The molecule has 8 heteroatoms. The molecule has 114 valence electrons. The lowest BCUT2D eigenvalue weighted by atomic mass is 10.0. The van der Waals surface area contributed by atoms with Crippen molar-refractivity contribution >= 4 is 21.9 Å². The standard InChI is InChI=1S/C13H15NO6S/c1-14(13(11(15)16)8-21(18,19)9-13)12(17)20-7-10-5-3-2-4-6-10/h2-6H,7-9H2,1H3,(H,15,16). The molecule has 1 fully saturated rings. The second-order valence-corrected chi connectivity index (χ2v) is 7.03. The molecular formula is C13H15NO6S. The van der Waals surface area contributed by atoms with Crippen molar-refractivity contribution in [1.82, 2.24) is 4.90 Å². The fourth-order valence-electron chi connectivity index (χ4n) is 2.14. The van der Waals surface area contributed by atoms with Crippen LogP contribution in [-0.2, 0) is 26.0 Å². The van der Waals surface area contributed by atoms with Gasteiger partial charge in [-0.15, -0.1) is 0 Å². The summed E-state index contributed by atoms with van der Waals surface area (Å²) in [7, 11) is -2.18. The third kappa shape index (κ3) is 2.99. The molecule has 1 amide bonds. The van der Waals surface area contributed by atoms with E-state index in [0.29, 0.717) is 0 Å². The lowest BCUT2D eigenvalue weighted by molar-refractivity contribution is -0.148. The molecule has 0 radical (unpaired) electrons. The van der Waals surface area contributed by atoms with E-state index in [9.17, 15) is 23.1 Å². The summed E-state index contributed by atoms with van der Waals surface area (Å²) < 4.78 is 27.6. The van der Waals surface area contributed by atoms with E-state index in [1.54, 1.807) is 24.3 Å². The van der Waals surface area contributed by atoms with Crippen LogP contribution in [0.25, 0.3) is 0 Å². The molecule has 0 unspecified atom stereocenters. The van der Waals surface area contributed by atoms with Crippen LogP contribution in [0.15, 0.2) is 30.3 Å². The molecule has 7 nitrogen and oxygen atoms in total. The maximum atomic E-state index is 11.9. The van der Waals surface area contributed by atoms with Crippen LogP contribution in [0, 0.1) is 0 Å². The van der Waals surface area contributed by atoms with Gasteiger partial charge in [-0.2, -0.15) is 0 Å². The van der Waals surface area contributed by atoms with Gasteiger partial charge in [-0.3, -0.25) is 4.90 Å². The summed E-state index contributed by atoms with van der Waals surface area (Å²) in [5.41, 5.74) is -0.975. The van der Waals surface area contributed by atoms with E-state index in [1.165, 1.54) is 7.05 Å². The van der Waals surface area contributed by atoms with Crippen molar-refractivity contribution < 1.29 is 27.9 Å². The minimum atomic E-state index is -3.41. The molecule has 1 aromatic carbocycles. The molecule has 0 spiro atoms. The Morgan fingerprint density at radius 1 is 1.29 bits per heavy atom. The van der Waals surface area contributed by atoms with E-state index in [0.717, 1.165) is 10.5 Å². The van der Waals surface area contributed by atoms with Gasteiger partial charge in [0.25, 0.3) is 0 Å². The Morgan fingerprint density at radius 3 is 2.33 bits per heavy atom. The maximum absolute atomic E-state index is 11.9. The Bertz CT molecular complexity index is 642. The van der Waals surface area contributed by atoms with Crippen molar-refractivity contribution in [3.63, 3.8) is 0 Å². The zero-order valence-corrected chi connectivity index (χ0v) is 12.2. The van der Waals surface area contributed by atoms with Gasteiger partial charge in [0, 0.05) is 7.05 Å². The first-order valence-corrected chi connectivity index (χ1v) is 7.97. The predicted molar refractivity (Wildman–Crippen MR) is 73.4 cm³/mol. The number of hydrogen-bond donors (Lipinski definition) is 1. The first-order valence-electron chi connectivity index (χ1n) is 6.15. The van der Waals surface area contributed by atoms with Crippen LogP contribution in [-0.4, -0.2) is 54.6 Å². The number of carboxylic acid groups (broad SMARTS) is 1. The minimum Gasteiger partial charge on any atom is -0.479 e. The Morgan fingerprint density at radius 2 is 1.86 bits per heavy atom. The number of aliphatic carboxylic acids is 1. The highest BCUT2D eigenvalue weighted by atomic mass is 32.2. The summed E-state index contributed by atoms with van der Waals surface area (Å²) >= 11 is 0. The van der Waals surface area contributed by atoms with Gasteiger partial charge in [0.05, 0.1) is 11.5 Å². The largest absolute Gasteiger partial charge is 0.479 e. The average molecular weight is 313 g/mol. The third-order valence-corrected chi connectivity index (χ3v) is 5.27. The monoisotopic (exact) mass is 313 g/mol. The number of rotatable bonds is 4. The smallest absolute Gasteiger partial charge is 0.410 e. The van der Waals surface area contributed by atoms with Crippen LogP contribution < -0.4 is 0 Å². The second-order valence-electron chi connectivity index (χ2n) is 4.97. The summed E-state index contributed by atoms with van der Waals surface area (Å²) in [5.74, 6) is -2.53. The van der Waals surface area contributed by atoms with E-state index in [-0.39, 0.29) is 6.61 Å². The van der Waals surface area contributed by atoms with Gasteiger partial charge < -0.3 is 9.84 Å². The molecule has 0 bridgehead atoms. The number of nitrogens with zero attached hydrogens (tertiary/aromatic N) is 1. The van der Waals surface area contributed by atoms with E-state index in [2.05, 4.69) is 0 Å². The van der Waals surface area contributed by atoms with Crippen molar-refractivity contribution in [2.45, 2.75) is 12.1 Å². The summed E-state index contributed by atoms with van der Waals surface area (Å²) in [6, 6.07) is 8.90. The van der Waals surface area contributed by atoms with Crippen LogP contribution >= 0.6 is 0 Å². The Labute approximate surface area is 122 Å². The van der Waals surface area contributed by atoms with Gasteiger partial charge in [0.1, 0.15) is 6.61 Å². The number of carbonyl (C=O) groups excluding carboxylic acids is 1. The number of ether oxygens (including phenoxy) is 1. The molecule has 21 heavy (non-hydrogen) atoms. The van der Waals surface area contributed by atoms with Gasteiger partial charge in [0.2, 0.25) is 0 Å². The molecule has 1 N–H and O–H groups in total. The molecule has 1 aromatic rings. The first-order chi connectivity index (χ1) is 9.77. The summed E-state index contributed by atoms with van der Waals surface area (Å²) in [6.07, 6.45) is -0.865. The number of carbonyl (C=O) groups is 2. The van der Waals surface area contributed by atoms with E-state index >= 15 is 0 Å². The molecule has 1 heterocycles. The van der Waals surface area contributed by atoms with Crippen molar-refractivity contribution in [3.8, 4) is 0 Å². The molecule has 0 aromatic heterocycles.